The SMILES string of the molecule is CCCCC/C=C\C/C=C\CCCCCCCCC(CCCCCCCC/C=C\CC(C)CCCCC)(N=O)OC1CCC(N(C)C)C1. The van der Waals surface area contributed by atoms with Gasteiger partial charge in [-0.1, -0.05) is 147 Å². The minimum atomic E-state index is -0.820. The number of rotatable bonds is 34. The second-order valence-corrected chi connectivity index (χ2v) is 15.5. The van der Waals surface area contributed by atoms with E-state index in [0.29, 0.717) is 6.04 Å². The molecule has 1 aliphatic rings. The van der Waals surface area contributed by atoms with Gasteiger partial charge in [0.2, 0.25) is 0 Å². The summed E-state index contributed by atoms with van der Waals surface area (Å²) >= 11 is 0. The van der Waals surface area contributed by atoms with Crippen LogP contribution in [0.2, 0.25) is 0 Å². The van der Waals surface area contributed by atoms with E-state index in [1.54, 1.807) is 0 Å². The van der Waals surface area contributed by atoms with Crippen molar-refractivity contribution in [1.29, 1.82) is 0 Å². The highest BCUT2D eigenvalue weighted by Gasteiger charge is 2.38. The van der Waals surface area contributed by atoms with Crippen LogP contribution in [0.15, 0.2) is 41.6 Å². The number of ether oxygens (including phenoxy) is 1. The molecule has 1 rings (SSSR count). The number of nitrogens with zero attached hydrogens (tertiary/aromatic N) is 2. The summed E-state index contributed by atoms with van der Waals surface area (Å²) in [7, 11) is 4.32. The van der Waals surface area contributed by atoms with E-state index in [1.807, 2.05) is 0 Å². The topological polar surface area (TPSA) is 41.9 Å². The van der Waals surface area contributed by atoms with Gasteiger partial charge < -0.3 is 9.64 Å². The maximum atomic E-state index is 12.4. The smallest absolute Gasteiger partial charge is 0.200 e. The lowest BCUT2D eigenvalue weighted by molar-refractivity contribution is -0.100. The zero-order valence-corrected chi connectivity index (χ0v) is 32.9. The molecule has 0 spiro atoms. The van der Waals surface area contributed by atoms with Gasteiger partial charge in [-0.05, 0) is 109 Å². The van der Waals surface area contributed by atoms with Crippen LogP contribution in [-0.2, 0) is 4.74 Å². The minimum absolute atomic E-state index is 0.173. The van der Waals surface area contributed by atoms with Crippen molar-refractivity contribution in [1.82, 2.24) is 4.90 Å². The van der Waals surface area contributed by atoms with E-state index in [9.17, 15) is 4.91 Å². The Morgan fingerprint density at radius 2 is 1.17 bits per heavy atom. The quantitative estimate of drug-likeness (QED) is 0.0389. The van der Waals surface area contributed by atoms with E-state index >= 15 is 0 Å². The molecule has 0 amide bonds. The van der Waals surface area contributed by atoms with Crippen molar-refractivity contribution >= 4 is 0 Å². The van der Waals surface area contributed by atoms with Crippen molar-refractivity contribution in [2.24, 2.45) is 11.1 Å². The fraction of sp³-hybridized carbons (Fsp3) is 0.864. The molecule has 1 saturated carbocycles. The molecule has 0 aromatic carbocycles. The molecule has 48 heavy (non-hydrogen) atoms. The zero-order valence-electron chi connectivity index (χ0n) is 32.9. The second-order valence-electron chi connectivity index (χ2n) is 15.5. The summed E-state index contributed by atoms with van der Waals surface area (Å²) in [5, 5.41) is 3.76. The Bertz CT molecular complexity index is 806. The number of nitroso groups, excluding NO2 is 1. The first-order valence-electron chi connectivity index (χ1n) is 21.1. The van der Waals surface area contributed by atoms with Crippen LogP contribution in [0.3, 0.4) is 0 Å². The predicted molar refractivity (Wildman–Crippen MR) is 213 cm³/mol. The van der Waals surface area contributed by atoms with Crippen LogP contribution in [0, 0.1) is 10.8 Å². The molecule has 4 unspecified atom stereocenters. The van der Waals surface area contributed by atoms with Gasteiger partial charge in [0, 0.05) is 18.9 Å². The number of hydrogen-bond acceptors (Lipinski definition) is 4. The highest BCUT2D eigenvalue weighted by atomic mass is 16.5. The van der Waals surface area contributed by atoms with Crippen LogP contribution in [0.4, 0.5) is 0 Å². The van der Waals surface area contributed by atoms with E-state index in [4.69, 9.17) is 4.74 Å². The first kappa shape index (κ1) is 44.8. The Labute approximate surface area is 300 Å². The summed E-state index contributed by atoms with van der Waals surface area (Å²) in [5.74, 6) is 0.827. The average molecular weight is 671 g/mol. The molecule has 4 heteroatoms. The van der Waals surface area contributed by atoms with Gasteiger partial charge in [0.05, 0.1) is 6.10 Å². The van der Waals surface area contributed by atoms with Crippen LogP contribution in [0.1, 0.15) is 207 Å². The van der Waals surface area contributed by atoms with Gasteiger partial charge in [0.1, 0.15) is 0 Å². The standard InChI is InChI=1S/C44H82N2O2/c1-6-8-10-11-12-13-14-15-16-17-18-19-22-25-28-32-38-44(45-47,48-43-37-36-42(40-43)46(4)5)39-33-29-26-23-20-21-24-27-31-35-41(3)34-30-9-7-2/h12-13,15-16,27,31,41-43H,6-11,14,17-26,28-30,32-40H2,1-5H3/b13-12-,16-15-,31-27-. The van der Waals surface area contributed by atoms with Gasteiger partial charge in [-0.25, -0.2) is 0 Å². The molecule has 0 aliphatic heterocycles. The third-order valence-corrected chi connectivity index (χ3v) is 10.6. The molecule has 0 N–H and O–H groups in total. The molecule has 280 valence electrons. The van der Waals surface area contributed by atoms with Gasteiger partial charge in [0.15, 0.2) is 5.72 Å². The predicted octanol–water partition coefficient (Wildman–Crippen LogP) is 14.4. The first-order valence-corrected chi connectivity index (χ1v) is 21.1. The Hall–Kier alpha value is -1.26. The summed E-state index contributed by atoms with van der Waals surface area (Å²) < 4.78 is 6.65. The molecule has 1 aliphatic carbocycles. The van der Waals surface area contributed by atoms with Gasteiger partial charge in [-0.15, -0.1) is 4.91 Å². The zero-order chi connectivity index (χ0) is 35.0. The Morgan fingerprint density at radius 1 is 0.667 bits per heavy atom. The average Bonchev–Trinajstić information content (AvgIpc) is 3.55. The van der Waals surface area contributed by atoms with E-state index < -0.39 is 5.72 Å². The van der Waals surface area contributed by atoms with Crippen molar-refractivity contribution in [3.63, 3.8) is 0 Å². The molecule has 4 nitrogen and oxygen atoms in total. The Kier molecular flexibility index (Phi) is 29.6. The molecule has 0 radical (unpaired) electrons. The third kappa shape index (κ3) is 24.8. The molecule has 0 aromatic rings. The molecule has 0 aromatic heterocycles. The van der Waals surface area contributed by atoms with Gasteiger partial charge >= 0.3 is 0 Å². The van der Waals surface area contributed by atoms with Crippen LogP contribution in [-0.4, -0.2) is 36.9 Å². The highest BCUT2D eigenvalue weighted by molar-refractivity contribution is 4.93. The Morgan fingerprint density at radius 3 is 1.69 bits per heavy atom. The lowest BCUT2D eigenvalue weighted by Crippen LogP contribution is -2.35. The molecule has 1 fully saturated rings. The fourth-order valence-electron chi connectivity index (χ4n) is 7.23. The van der Waals surface area contributed by atoms with E-state index in [0.717, 1.165) is 57.3 Å². The van der Waals surface area contributed by atoms with Gasteiger partial charge in [-0.3, -0.25) is 0 Å². The minimum Gasteiger partial charge on any atom is -0.347 e. The summed E-state index contributed by atoms with van der Waals surface area (Å²) in [6.07, 6.45) is 49.3. The van der Waals surface area contributed by atoms with Crippen molar-refractivity contribution in [2.75, 3.05) is 14.1 Å². The molecule has 0 bridgehead atoms. The van der Waals surface area contributed by atoms with E-state index in [-0.39, 0.29) is 6.10 Å². The molecular weight excluding hydrogens is 588 g/mol. The summed E-state index contributed by atoms with van der Waals surface area (Å²) in [5.41, 5.74) is -0.820. The van der Waals surface area contributed by atoms with Crippen LogP contribution in [0.5, 0.6) is 0 Å². The normalized spacial score (nSPS) is 19.0. The number of allylic oxidation sites excluding steroid dienone is 6. The lowest BCUT2D eigenvalue weighted by atomic mass is 9.96. The van der Waals surface area contributed by atoms with E-state index in [1.165, 1.54) is 135 Å². The molecule has 0 heterocycles. The van der Waals surface area contributed by atoms with E-state index in [2.05, 4.69) is 81.4 Å². The van der Waals surface area contributed by atoms with Gasteiger partial charge in [-0.2, -0.15) is 0 Å². The summed E-state index contributed by atoms with van der Waals surface area (Å²) in [6, 6.07) is 0.560. The van der Waals surface area contributed by atoms with Crippen molar-refractivity contribution in [3.05, 3.63) is 41.4 Å². The Balaban J connectivity index is 2.29. The van der Waals surface area contributed by atoms with Gasteiger partial charge in [0.25, 0.3) is 0 Å². The van der Waals surface area contributed by atoms with Crippen molar-refractivity contribution < 1.29 is 4.74 Å². The molecule has 4 atom stereocenters. The molecule has 0 saturated heterocycles. The number of unbranched alkanes of at least 4 members (excludes halogenated alkanes) is 17. The number of hydrogen-bond donors (Lipinski definition) is 0. The third-order valence-electron chi connectivity index (χ3n) is 10.6. The second kappa shape index (κ2) is 31.7. The van der Waals surface area contributed by atoms with Crippen LogP contribution < -0.4 is 0 Å². The monoisotopic (exact) mass is 671 g/mol. The first-order chi connectivity index (χ1) is 23.5. The van der Waals surface area contributed by atoms with Crippen molar-refractivity contribution in [2.45, 2.75) is 225 Å². The highest BCUT2D eigenvalue weighted by Crippen LogP contribution is 2.35. The maximum Gasteiger partial charge on any atom is 0.200 e. The van der Waals surface area contributed by atoms with Crippen LogP contribution in [0.25, 0.3) is 0 Å². The molecular formula is C44H82N2O2. The summed E-state index contributed by atoms with van der Waals surface area (Å²) in [6.45, 7) is 6.94. The maximum absolute atomic E-state index is 12.4. The fourth-order valence-corrected chi connectivity index (χ4v) is 7.23. The van der Waals surface area contributed by atoms with Crippen LogP contribution >= 0.6 is 0 Å². The summed E-state index contributed by atoms with van der Waals surface area (Å²) in [4.78, 5) is 14.7. The van der Waals surface area contributed by atoms with Crippen molar-refractivity contribution in [3.8, 4) is 0 Å². The largest absolute Gasteiger partial charge is 0.347 e. The lowest BCUT2D eigenvalue weighted by Gasteiger charge is -2.30.